The topological polar surface area (TPSA) is 46.5 Å². The van der Waals surface area contributed by atoms with Gasteiger partial charge in [0.05, 0.1) is 5.56 Å². The van der Waals surface area contributed by atoms with Crippen molar-refractivity contribution in [2.45, 2.75) is 6.18 Å². The number of carboxylic acid groups (broad SMARTS) is 1. The van der Waals surface area contributed by atoms with Gasteiger partial charge >= 0.3 is 12.1 Å². The summed E-state index contributed by atoms with van der Waals surface area (Å²) in [6.07, 6.45) is -4.43. The van der Waals surface area contributed by atoms with Crippen LogP contribution in [0.3, 0.4) is 0 Å². The minimum absolute atomic E-state index is 0.0385. The minimum Gasteiger partial charge on any atom is -0.478 e. The maximum Gasteiger partial charge on any atom is 0.416 e. The van der Waals surface area contributed by atoms with Crippen molar-refractivity contribution in [1.82, 2.24) is 0 Å². The Morgan fingerprint density at radius 1 is 1.10 bits per heavy atom. The molecule has 1 N–H and O–H groups in total. The van der Waals surface area contributed by atoms with Crippen LogP contribution in [0, 0.1) is 0 Å². The van der Waals surface area contributed by atoms with E-state index in [1.807, 2.05) is 0 Å². The Hall–Kier alpha value is -2.02. The van der Waals surface area contributed by atoms with Crippen LogP contribution in [-0.2, 0) is 6.18 Å². The van der Waals surface area contributed by atoms with Crippen LogP contribution in [0.5, 0.6) is 11.5 Å². The van der Waals surface area contributed by atoms with Crippen molar-refractivity contribution in [3.05, 3.63) is 58.1 Å². The second-order valence-corrected chi connectivity index (χ2v) is 4.99. The van der Waals surface area contributed by atoms with Crippen LogP contribution in [-0.4, -0.2) is 11.1 Å². The molecule has 0 heterocycles. The molecule has 0 saturated heterocycles. The molecule has 0 saturated carbocycles. The van der Waals surface area contributed by atoms with Gasteiger partial charge in [-0.3, -0.25) is 0 Å². The maximum atomic E-state index is 12.4. The molecule has 0 fully saturated rings. The quantitative estimate of drug-likeness (QED) is 0.841. The minimum atomic E-state index is -4.43. The molecule has 0 amide bonds. The highest BCUT2D eigenvalue weighted by Gasteiger charge is 2.30. The Bertz CT molecular complexity index is 666. The molecule has 7 heteroatoms. The molecule has 0 atom stereocenters. The van der Waals surface area contributed by atoms with Crippen LogP contribution in [0.2, 0.25) is 0 Å². The first-order chi connectivity index (χ1) is 9.77. The third kappa shape index (κ3) is 3.75. The number of aromatic carboxylic acids is 1. The summed E-state index contributed by atoms with van der Waals surface area (Å²) in [5.41, 5.74) is -0.888. The predicted octanol–water partition coefficient (Wildman–Crippen LogP) is 4.96. The van der Waals surface area contributed by atoms with E-state index in [2.05, 4.69) is 15.9 Å². The van der Waals surface area contributed by atoms with E-state index in [4.69, 9.17) is 9.84 Å². The van der Waals surface area contributed by atoms with E-state index in [1.165, 1.54) is 18.2 Å². The number of carbonyl (C=O) groups is 1. The molecule has 3 nitrogen and oxygen atoms in total. The molecule has 0 radical (unpaired) electrons. The number of benzene rings is 2. The zero-order valence-corrected chi connectivity index (χ0v) is 11.9. The summed E-state index contributed by atoms with van der Waals surface area (Å²) < 4.78 is 43.3. The van der Waals surface area contributed by atoms with E-state index >= 15 is 0 Å². The first kappa shape index (κ1) is 15.4. The Morgan fingerprint density at radius 3 is 2.24 bits per heavy atom. The number of hydrogen-bond donors (Lipinski definition) is 1. The first-order valence-electron chi connectivity index (χ1n) is 5.65. The van der Waals surface area contributed by atoms with Crippen molar-refractivity contribution < 1.29 is 27.8 Å². The Balaban J connectivity index is 2.30. The second-order valence-electron chi connectivity index (χ2n) is 4.07. The fourth-order valence-corrected chi connectivity index (χ4v) is 1.94. The van der Waals surface area contributed by atoms with Gasteiger partial charge in [0.1, 0.15) is 17.1 Å². The fourth-order valence-electron chi connectivity index (χ4n) is 1.60. The van der Waals surface area contributed by atoms with Crippen LogP contribution in [0.25, 0.3) is 0 Å². The molecule has 0 aliphatic carbocycles. The molecule has 2 rings (SSSR count). The van der Waals surface area contributed by atoms with Gasteiger partial charge in [0.15, 0.2) is 0 Å². The molecule has 0 unspecified atom stereocenters. The zero-order chi connectivity index (χ0) is 15.6. The fraction of sp³-hybridized carbons (Fsp3) is 0.0714. The van der Waals surface area contributed by atoms with Crippen molar-refractivity contribution >= 4 is 21.9 Å². The van der Waals surface area contributed by atoms with Crippen molar-refractivity contribution in [1.29, 1.82) is 0 Å². The number of hydrogen-bond acceptors (Lipinski definition) is 2. The van der Waals surface area contributed by atoms with Crippen molar-refractivity contribution in [3.8, 4) is 11.5 Å². The molecule has 0 aliphatic heterocycles. The summed E-state index contributed by atoms with van der Waals surface area (Å²) in [6.45, 7) is 0. The third-order valence-electron chi connectivity index (χ3n) is 2.58. The molecule has 0 bridgehead atoms. The van der Waals surface area contributed by atoms with E-state index < -0.39 is 17.7 Å². The summed E-state index contributed by atoms with van der Waals surface area (Å²) in [5, 5.41) is 9.04. The lowest BCUT2D eigenvalue weighted by Crippen LogP contribution is -2.04. The summed E-state index contributed by atoms with van der Waals surface area (Å²) in [4.78, 5) is 11.1. The van der Waals surface area contributed by atoms with E-state index in [0.29, 0.717) is 4.47 Å². The summed E-state index contributed by atoms with van der Waals surface area (Å²) in [7, 11) is 0. The highest BCUT2D eigenvalue weighted by atomic mass is 79.9. The summed E-state index contributed by atoms with van der Waals surface area (Å²) >= 11 is 3.17. The maximum absolute atomic E-state index is 12.4. The average Bonchev–Trinajstić information content (AvgIpc) is 2.38. The summed E-state index contributed by atoms with van der Waals surface area (Å²) in [5.74, 6) is -1.04. The zero-order valence-electron chi connectivity index (χ0n) is 10.3. The van der Waals surface area contributed by atoms with E-state index in [9.17, 15) is 18.0 Å². The van der Waals surface area contributed by atoms with Crippen molar-refractivity contribution in [3.63, 3.8) is 0 Å². The number of alkyl halides is 3. The van der Waals surface area contributed by atoms with Crippen molar-refractivity contribution in [2.24, 2.45) is 0 Å². The number of ether oxygens (including phenoxy) is 1. The molecule has 110 valence electrons. The highest BCUT2D eigenvalue weighted by Crippen LogP contribution is 2.33. The molecule has 2 aromatic carbocycles. The molecule has 21 heavy (non-hydrogen) atoms. The van der Waals surface area contributed by atoms with E-state index in [1.54, 1.807) is 0 Å². The van der Waals surface area contributed by atoms with Gasteiger partial charge in [-0.1, -0.05) is 15.9 Å². The molecule has 2 aromatic rings. The summed E-state index contributed by atoms with van der Waals surface area (Å²) in [6, 6.07) is 8.31. The van der Waals surface area contributed by atoms with E-state index in [0.717, 1.165) is 24.3 Å². The number of rotatable bonds is 3. The van der Waals surface area contributed by atoms with Crippen LogP contribution >= 0.6 is 15.9 Å². The number of carboxylic acids is 1. The van der Waals surface area contributed by atoms with Crippen LogP contribution in [0.4, 0.5) is 13.2 Å². The monoisotopic (exact) mass is 360 g/mol. The SMILES string of the molecule is O=C(O)c1ccc(Br)cc1Oc1ccc(C(F)(F)F)cc1. The van der Waals surface area contributed by atoms with Gasteiger partial charge in [0, 0.05) is 4.47 Å². The molecule has 0 spiro atoms. The predicted molar refractivity (Wildman–Crippen MR) is 72.6 cm³/mol. The first-order valence-corrected chi connectivity index (χ1v) is 6.44. The molecule has 0 aromatic heterocycles. The van der Waals surface area contributed by atoms with Crippen LogP contribution in [0.15, 0.2) is 46.9 Å². The smallest absolute Gasteiger partial charge is 0.416 e. The molecular weight excluding hydrogens is 353 g/mol. The van der Waals surface area contributed by atoms with Crippen LogP contribution < -0.4 is 4.74 Å². The van der Waals surface area contributed by atoms with Gasteiger partial charge in [-0.25, -0.2) is 4.79 Å². The third-order valence-corrected chi connectivity index (χ3v) is 3.08. The van der Waals surface area contributed by atoms with Gasteiger partial charge in [-0.2, -0.15) is 13.2 Å². The lowest BCUT2D eigenvalue weighted by atomic mass is 10.2. The van der Waals surface area contributed by atoms with Gasteiger partial charge in [-0.15, -0.1) is 0 Å². The van der Waals surface area contributed by atoms with Gasteiger partial charge < -0.3 is 9.84 Å². The Labute approximate surface area is 126 Å². The van der Waals surface area contributed by atoms with Crippen molar-refractivity contribution in [2.75, 3.05) is 0 Å². The van der Waals surface area contributed by atoms with Gasteiger partial charge in [-0.05, 0) is 42.5 Å². The average molecular weight is 361 g/mol. The second kappa shape index (κ2) is 5.77. The lowest BCUT2D eigenvalue weighted by Gasteiger charge is -2.11. The normalized spacial score (nSPS) is 11.2. The lowest BCUT2D eigenvalue weighted by molar-refractivity contribution is -0.137. The standard InChI is InChI=1S/C14H8BrF3O3/c15-9-3-6-11(13(19)20)12(7-9)21-10-4-1-8(2-5-10)14(16,17)18/h1-7H,(H,19,20). The highest BCUT2D eigenvalue weighted by molar-refractivity contribution is 9.10. The van der Waals surface area contributed by atoms with E-state index in [-0.39, 0.29) is 17.1 Å². The Kier molecular flexibility index (Phi) is 4.22. The number of halogens is 4. The van der Waals surface area contributed by atoms with Gasteiger partial charge in [0.25, 0.3) is 0 Å². The molecule has 0 aliphatic rings. The largest absolute Gasteiger partial charge is 0.478 e. The van der Waals surface area contributed by atoms with Gasteiger partial charge in [0.2, 0.25) is 0 Å². The molecular formula is C14H8BrF3O3. The Morgan fingerprint density at radius 2 is 1.71 bits per heavy atom. The van der Waals surface area contributed by atoms with Crippen LogP contribution in [0.1, 0.15) is 15.9 Å².